The maximum Gasteiger partial charge on any atom is 0.221 e. The van der Waals surface area contributed by atoms with Gasteiger partial charge in [-0.2, -0.15) is 0 Å². The number of hydrogen-bond acceptors (Lipinski definition) is 4. The molecule has 1 unspecified atom stereocenters. The van der Waals surface area contributed by atoms with Crippen molar-refractivity contribution in [3.63, 3.8) is 0 Å². The lowest BCUT2D eigenvalue weighted by atomic mass is 9.87. The van der Waals surface area contributed by atoms with E-state index >= 15 is 0 Å². The van der Waals surface area contributed by atoms with Crippen molar-refractivity contribution < 1.29 is 14.3 Å². The van der Waals surface area contributed by atoms with Gasteiger partial charge in [0.1, 0.15) is 11.5 Å². The molecule has 0 fully saturated rings. The lowest BCUT2D eigenvalue weighted by Crippen LogP contribution is -2.25. The molecule has 2 N–H and O–H groups in total. The maximum atomic E-state index is 12.9. The van der Waals surface area contributed by atoms with Gasteiger partial charge in [-0.05, 0) is 29.8 Å². The molecule has 2 aromatic carbocycles. The van der Waals surface area contributed by atoms with Gasteiger partial charge in [0.15, 0.2) is 0 Å². The van der Waals surface area contributed by atoms with Crippen molar-refractivity contribution in [2.75, 3.05) is 14.2 Å². The van der Waals surface area contributed by atoms with Crippen molar-refractivity contribution in [1.82, 2.24) is 15.3 Å². The molecule has 0 aliphatic carbocycles. The van der Waals surface area contributed by atoms with Crippen LogP contribution in [0.3, 0.4) is 0 Å². The van der Waals surface area contributed by atoms with Crippen LogP contribution in [0.5, 0.6) is 11.5 Å². The van der Waals surface area contributed by atoms with Gasteiger partial charge in [0.05, 0.1) is 26.5 Å². The number of rotatable bonds is 8. The maximum absolute atomic E-state index is 12.9. The molecular weight excluding hydrogens is 390 g/mol. The van der Waals surface area contributed by atoms with E-state index in [1.54, 1.807) is 20.4 Å². The number of pyridine rings is 1. The number of aromatic amines is 1. The third-order valence-corrected chi connectivity index (χ3v) is 5.40. The summed E-state index contributed by atoms with van der Waals surface area (Å²) in [5, 5.41) is 4.08. The van der Waals surface area contributed by atoms with Crippen LogP contribution in [-0.2, 0) is 11.3 Å². The largest absolute Gasteiger partial charge is 0.497 e. The summed E-state index contributed by atoms with van der Waals surface area (Å²) >= 11 is 0. The molecule has 4 aromatic rings. The number of para-hydroxylation sites is 1. The van der Waals surface area contributed by atoms with Crippen LogP contribution >= 0.6 is 0 Å². The van der Waals surface area contributed by atoms with Gasteiger partial charge in [-0.1, -0.05) is 30.3 Å². The number of nitrogens with zero attached hydrogens (tertiary/aromatic N) is 1. The molecule has 158 valence electrons. The number of ether oxygens (including phenoxy) is 2. The molecule has 2 aromatic heterocycles. The molecule has 6 nitrogen and oxygen atoms in total. The Hall–Kier alpha value is -3.80. The molecule has 4 rings (SSSR count). The van der Waals surface area contributed by atoms with E-state index < -0.39 is 0 Å². The smallest absolute Gasteiger partial charge is 0.221 e. The minimum atomic E-state index is -0.194. The molecule has 0 aliphatic rings. The molecular formula is C25H25N3O3. The lowest BCUT2D eigenvalue weighted by molar-refractivity contribution is -0.121. The van der Waals surface area contributed by atoms with E-state index in [9.17, 15) is 4.79 Å². The quantitative estimate of drug-likeness (QED) is 0.447. The second kappa shape index (κ2) is 9.34. The van der Waals surface area contributed by atoms with E-state index in [1.807, 2.05) is 60.8 Å². The molecule has 0 spiro atoms. The summed E-state index contributed by atoms with van der Waals surface area (Å²) in [7, 11) is 3.25. The second-order valence-electron chi connectivity index (χ2n) is 7.25. The number of nitrogens with one attached hydrogen (secondary N) is 2. The van der Waals surface area contributed by atoms with Gasteiger partial charge >= 0.3 is 0 Å². The molecule has 1 atom stereocenters. The summed E-state index contributed by atoms with van der Waals surface area (Å²) < 4.78 is 11.0. The summed E-state index contributed by atoms with van der Waals surface area (Å²) in [5.41, 5.74) is 3.83. The predicted molar refractivity (Wildman–Crippen MR) is 120 cm³/mol. The van der Waals surface area contributed by atoms with Gasteiger partial charge < -0.3 is 19.8 Å². The van der Waals surface area contributed by atoms with Crippen LogP contribution in [0.4, 0.5) is 0 Å². The van der Waals surface area contributed by atoms with E-state index in [-0.39, 0.29) is 18.2 Å². The zero-order valence-corrected chi connectivity index (χ0v) is 17.6. The van der Waals surface area contributed by atoms with E-state index in [0.717, 1.165) is 27.7 Å². The number of methoxy groups -OCH3 is 2. The minimum absolute atomic E-state index is 0.0567. The molecule has 1 amide bonds. The molecule has 0 radical (unpaired) electrons. The first-order valence-electron chi connectivity index (χ1n) is 10.1. The van der Waals surface area contributed by atoms with Crippen LogP contribution in [-0.4, -0.2) is 30.1 Å². The van der Waals surface area contributed by atoms with Crippen molar-refractivity contribution >= 4 is 16.8 Å². The van der Waals surface area contributed by atoms with E-state index in [2.05, 4.69) is 21.4 Å². The zero-order valence-electron chi connectivity index (χ0n) is 17.6. The average Bonchev–Trinajstić information content (AvgIpc) is 3.25. The first kappa shape index (κ1) is 20.5. The minimum Gasteiger partial charge on any atom is -0.497 e. The summed E-state index contributed by atoms with van der Waals surface area (Å²) in [5.74, 6) is 1.14. The van der Waals surface area contributed by atoms with Gasteiger partial charge in [0.2, 0.25) is 5.91 Å². The molecule has 0 bridgehead atoms. The summed E-state index contributed by atoms with van der Waals surface area (Å²) in [6.45, 7) is 0.389. The van der Waals surface area contributed by atoms with Gasteiger partial charge in [-0.3, -0.25) is 9.78 Å². The number of hydrogen-bond donors (Lipinski definition) is 2. The third-order valence-electron chi connectivity index (χ3n) is 5.40. The fraction of sp³-hybridized carbons (Fsp3) is 0.200. The van der Waals surface area contributed by atoms with Crippen molar-refractivity contribution in [2.45, 2.75) is 18.9 Å². The van der Waals surface area contributed by atoms with Gasteiger partial charge in [0.25, 0.3) is 0 Å². The van der Waals surface area contributed by atoms with Crippen molar-refractivity contribution in [2.24, 2.45) is 0 Å². The van der Waals surface area contributed by atoms with Crippen LogP contribution < -0.4 is 14.8 Å². The standard InChI is InChI=1S/C25H25N3O3/c1-30-18-10-11-20(24(13-18)31-2)21(22-16-27-23-9-4-3-8-19(22)23)14-25(29)28-15-17-7-5-6-12-26-17/h3-13,16,21,27H,14-15H2,1-2H3,(H,28,29). The van der Waals surface area contributed by atoms with Crippen LogP contribution in [0.25, 0.3) is 10.9 Å². The number of H-pyrrole nitrogens is 1. The number of fused-ring (bicyclic) bond motifs is 1. The highest BCUT2D eigenvalue weighted by molar-refractivity contribution is 5.86. The van der Waals surface area contributed by atoms with Crippen LogP contribution in [0.1, 0.15) is 29.2 Å². The monoisotopic (exact) mass is 415 g/mol. The number of amides is 1. The Balaban J connectivity index is 1.67. The van der Waals surface area contributed by atoms with Crippen molar-refractivity contribution in [3.05, 3.63) is 89.9 Å². The molecule has 31 heavy (non-hydrogen) atoms. The molecule has 0 saturated carbocycles. The summed E-state index contributed by atoms with van der Waals surface area (Å²) in [6, 6.07) is 19.5. The third kappa shape index (κ3) is 4.53. The zero-order chi connectivity index (χ0) is 21.6. The van der Waals surface area contributed by atoms with Crippen LogP contribution in [0, 0.1) is 0 Å². The summed E-state index contributed by atoms with van der Waals surface area (Å²) in [6.07, 6.45) is 3.97. The normalized spacial score (nSPS) is 11.8. The van der Waals surface area contributed by atoms with E-state index in [4.69, 9.17) is 9.47 Å². The van der Waals surface area contributed by atoms with Crippen molar-refractivity contribution in [3.8, 4) is 11.5 Å². The van der Waals surface area contributed by atoms with Gasteiger partial charge in [0, 0.05) is 47.3 Å². The lowest BCUT2D eigenvalue weighted by Gasteiger charge is -2.20. The Morgan fingerprint density at radius 1 is 1.03 bits per heavy atom. The highest BCUT2D eigenvalue weighted by atomic mass is 16.5. The summed E-state index contributed by atoms with van der Waals surface area (Å²) in [4.78, 5) is 20.5. The number of benzene rings is 2. The fourth-order valence-electron chi connectivity index (χ4n) is 3.83. The fourth-order valence-corrected chi connectivity index (χ4v) is 3.83. The van der Waals surface area contributed by atoms with Crippen LogP contribution in [0.15, 0.2) is 73.1 Å². The molecule has 6 heteroatoms. The van der Waals surface area contributed by atoms with E-state index in [0.29, 0.717) is 18.0 Å². The Kier molecular flexibility index (Phi) is 6.17. The number of aromatic nitrogens is 2. The predicted octanol–water partition coefficient (Wildman–Crippen LogP) is 4.42. The highest BCUT2D eigenvalue weighted by Gasteiger charge is 2.24. The number of carbonyl (C=O) groups excluding carboxylic acids is 1. The molecule has 0 saturated heterocycles. The molecule has 2 heterocycles. The SMILES string of the molecule is COc1ccc(C(CC(=O)NCc2ccccn2)c2c[nH]c3ccccc23)c(OC)c1. The number of carbonyl (C=O) groups is 1. The highest BCUT2D eigenvalue weighted by Crippen LogP contribution is 2.39. The molecule has 0 aliphatic heterocycles. The first-order chi connectivity index (χ1) is 15.2. The Labute approximate surface area is 181 Å². The van der Waals surface area contributed by atoms with E-state index in [1.165, 1.54) is 0 Å². The first-order valence-corrected chi connectivity index (χ1v) is 10.1. The Morgan fingerprint density at radius 3 is 2.65 bits per heavy atom. The Morgan fingerprint density at radius 2 is 1.87 bits per heavy atom. The van der Waals surface area contributed by atoms with Crippen molar-refractivity contribution in [1.29, 1.82) is 0 Å². The Bertz CT molecular complexity index is 1170. The average molecular weight is 415 g/mol. The van der Waals surface area contributed by atoms with Gasteiger partial charge in [-0.15, -0.1) is 0 Å². The topological polar surface area (TPSA) is 76.2 Å². The van der Waals surface area contributed by atoms with Gasteiger partial charge in [-0.25, -0.2) is 0 Å². The second-order valence-corrected chi connectivity index (χ2v) is 7.25. The van der Waals surface area contributed by atoms with Crippen LogP contribution in [0.2, 0.25) is 0 Å².